The predicted octanol–water partition coefficient (Wildman–Crippen LogP) is 0.906. The van der Waals surface area contributed by atoms with Crippen molar-refractivity contribution >= 4 is 11.9 Å². The third kappa shape index (κ3) is 2.43. The van der Waals surface area contributed by atoms with Crippen molar-refractivity contribution in [2.75, 3.05) is 13.1 Å². The Hall–Kier alpha value is -2.77. The summed E-state index contributed by atoms with van der Waals surface area (Å²) in [6.45, 7) is -0.413. The van der Waals surface area contributed by atoms with E-state index in [1.165, 1.54) is 15.6 Å². The third-order valence-corrected chi connectivity index (χ3v) is 3.58. The number of hydrogen-bond donors (Lipinski definition) is 1. The second kappa shape index (κ2) is 5.21. The lowest BCUT2D eigenvalue weighted by atomic mass is 10.1. The third-order valence-electron chi connectivity index (χ3n) is 3.58. The minimum atomic E-state index is -2.38. The lowest BCUT2D eigenvalue weighted by molar-refractivity contribution is -0.149. The lowest BCUT2D eigenvalue weighted by Crippen LogP contribution is -2.39. The fraction of sp³-hybridized carbons (Fsp3) is 0.286. The summed E-state index contributed by atoms with van der Waals surface area (Å²) in [4.78, 5) is 28.6. The van der Waals surface area contributed by atoms with Crippen molar-refractivity contribution in [2.24, 2.45) is 0 Å². The highest BCUT2D eigenvalue weighted by Gasteiger charge is 2.47. The summed E-state index contributed by atoms with van der Waals surface area (Å²) in [6, 6.07) is 6.56. The molecule has 114 valence electrons. The number of rotatable bonds is 3. The van der Waals surface area contributed by atoms with Gasteiger partial charge >= 0.3 is 5.97 Å². The highest BCUT2D eigenvalue weighted by molar-refractivity contribution is 5.93. The van der Waals surface area contributed by atoms with E-state index in [1.54, 1.807) is 30.6 Å². The van der Waals surface area contributed by atoms with Crippen LogP contribution in [0.25, 0.3) is 5.82 Å². The summed E-state index contributed by atoms with van der Waals surface area (Å²) in [6.07, 6.45) is 3.05. The number of nitrogens with zero attached hydrogens (tertiary/aromatic N) is 4. The van der Waals surface area contributed by atoms with Crippen molar-refractivity contribution in [1.29, 1.82) is 0 Å². The largest absolute Gasteiger partial charge is 0.479 e. The van der Waals surface area contributed by atoms with Crippen LogP contribution in [-0.4, -0.2) is 55.4 Å². The van der Waals surface area contributed by atoms with E-state index < -0.39 is 24.1 Å². The molecular formula is C14H13FN4O3. The summed E-state index contributed by atoms with van der Waals surface area (Å²) < 4.78 is 15.5. The quantitative estimate of drug-likeness (QED) is 0.910. The number of aliphatic carboxylic acids is 1. The average Bonchev–Trinajstić information content (AvgIpc) is 3.17. The summed E-state index contributed by atoms with van der Waals surface area (Å²) in [5, 5.41) is 12.9. The number of pyridine rings is 1. The standard InChI is InChI=1S/C14H13FN4O3/c15-14(13(21)22)5-8-18(9-14)12(20)10-3-1-4-11(17-10)19-7-2-6-16-19/h1-4,6-7H,5,8-9H2,(H,21,22). The van der Waals surface area contributed by atoms with Crippen LogP contribution in [0.1, 0.15) is 16.9 Å². The maximum atomic E-state index is 14.0. The maximum absolute atomic E-state index is 14.0. The molecule has 1 fully saturated rings. The number of alkyl halides is 1. The van der Waals surface area contributed by atoms with Gasteiger partial charge in [-0.1, -0.05) is 6.07 Å². The van der Waals surface area contributed by atoms with Gasteiger partial charge in [-0.3, -0.25) is 4.79 Å². The van der Waals surface area contributed by atoms with Crippen molar-refractivity contribution in [2.45, 2.75) is 12.1 Å². The Labute approximate surface area is 125 Å². The Kier molecular flexibility index (Phi) is 3.36. The fourth-order valence-electron chi connectivity index (χ4n) is 2.36. The summed E-state index contributed by atoms with van der Waals surface area (Å²) >= 11 is 0. The number of carbonyl (C=O) groups excluding carboxylic acids is 1. The Morgan fingerprint density at radius 3 is 2.77 bits per heavy atom. The van der Waals surface area contributed by atoms with Crippen LogP contribution in [0.15, 0.2) is 36.7 Å². The van der Waals surface area contributed by atoms with E-state index in [0.29, 0.717) is 5.82 Å². The summed E-state index contributed by atoms with van der Waals surface area (Å²) in [5.74, 6) is -1.57. The van der Waals surface area contributed by atoms with Crippen molar-refractivity contribution in [1.82, 2.24) is 19.7 Å². The molecule has 8 heteroatoms. The molecule has 1 aliphatic rings. The molecule has 2 aromatic rings. The van der Waals surface area contributed by atoms with Crippen molar-refractivity contribution in [3.63, 3.8) is 0 Å². The molecule has 1 N–H and O–H groups in total. The van der Waals surface area contributed by atoms with Gasteiger partial charge in [0.05, 0.1) is 6.54 Å². The molecule has 3 rings (SSSR count). The highest BCUT2D eigenvalue weighted by atomic mass is 19.1. The first-order valence-electron chi connectivity index (χ1n) is 6.68. The van der Waals surface area contributed by atoms with Gasteiger partial charge in [-0.25, -0.2) is 18.9 Å². The van der Waals surface area contributed by atoms with Gasteiger partial charge in [0.15, 0.2) is 5.82 Å². The highest BCUT2D eigenvalue weighted by Crippen LogP contribution is 2.27. The zero-order valence-electron chi connectivity index (χ0n) is 11.5. The first kappa shape index (κ1) is 14.2. The van der Waals surface area contributed by atoms with E-state index in [1.807, 2.05) is 0 Å². The van der Waals surface area contributed by atoms with Crippen LogP contribution in [0.5, 0.6) is 0 Å². The van der Waals surface area contributed by atoms with Gasteiger partial charge < -0.3 is 10.0 Å². The SMILES string of the molecule is O=C(c1cccc(-n2cccn2)n1)N1CCC(F)(C(=O)O)C1. The van der Waals surface area contributed by atoms with Gasteiger partial charge in [0, 0.05) is 25.4 Å². The predicted molar refractivity (Wildman–Crippen MR) is 73.4 cm³/mol. The molecule has 1 unspecified atom stereocenters. The number of aromatic nitrogens is 3. The molecule has 0 bridgehead atoms. The van der Waals surface area contributed by atoms with Gasteiger partial charge in [-0.15, -0.1) is 0 Å². The Balaban J connectivity index is 1.82. The molecule has 22 heavy (non-hydrogen) atoms. The Morgan fingerprint density at radius 2 is 2.14 bits per heavy atom. The molecular weight excluding hydrogens is 291 g/mol. The van der Waals surface area contributed by atoms with E-state index in [2.05, 4.69) is 10.1 Å². The van der Waals surface area contributed by atoms with Crippen molar-refractivity contribution in [3.8, 4) is 5.82 Å². The number of halogens is 1. The van der Waals surface area contributed by atoms with Gasteiger partial charge in [0.2, 0.25) is 5.67 Å². The van der Waals surface area contributed by atoms with Crippen LogP contribution in [0.4, 0.5) is 4.39 Å². The van der Waals surface area contributed by atoms with Crippen molar-refractivity contribution in [3.05, 3.63) is 42.4 Å². The summed E-state index contributed by atoms with van der Waals surface area (Å²) in [5.41, 5.74) is -2.25. The summed E-state index contributed by atoms with van der Waals surface area (Å²) in [7, 11) is 0. The van der Waals surface area contributed by atoms with E-state index in [-0.39, 0.29) is 18.7 Å². The average molecular weight is 304 g/mol. The van der Waals surface area contributed by atoms with E-state index >= 15 is 0 Å². The Morgan fingerprint density at radius 1 is 1.32 bits per heavy atom. The first-order valence-corrected chi connectivity index (χ1v) is 6.68. The second-order valence-electron chi connectivity index (χ2n) is 5.08. The van der Waals surface area contributed by atoms with Crippen LogP contribution in [0.3, 0.4) is 0 Å². The number of carboxylic acid groups (broad SMARTS) is 1. The van der Waals surface area contributed by atoms with Crippen LogP contribution < -0.4 is 0 Å². The monoisotopic (exact) mass is 304 g/mol. The second-order valence-corrected chi connectivity index (χ2v) is 5.08. The molecule has 1 saturated heterocycles. The van der Waals surface area contributed by atoms with Crippen LogP contribution in [0, 0.1) is 0 Å². The zero-order chi connectivity index (χ0) is 15.7. The normalized spacial score (nSPS) is 21.0. The molecule has 2 aromatic heterocycles. The van der Waals surface area contributed by atoms with E-state index in [9.17, 15) is 14.0 Å². The first-order chi connectivity index (χ1) is 10.5. The molecule has 0 radical (unpaired) electrons. The van der Waals surface area contributed by atoms with Gasteiger partial charge in [-0.05, 0) is 18.2 Å². The molecule has 0 aromatic carbocycles. The zero-order valence-corrected chi connectivity index (χ0v) is 11.5. The van der Waals surface area contributed by atoms with Crippen LogP contribution in [0.2, 0.25) is 0 Å². The number of amides is 1. The van der Waals surface area contributed by atoms with Crippen LogP contribution in [-0.2, 0) is 4.79 Å². The molecule has 0 spiro atoms. The molecule has 1 amide bonds. The molecule has 7 nitrogen and oxygen atoms in total. The number of likely N-dealkylation sites (tertiary alicyclic amines) is 1. The lowest BCUT2D eigenvalue weighted by Gasteiger charge is -2.17. The van der Waals surface area contributed by atoms with E-state index in [4.69, 9.17) is 5.11 Å². The molecule has 1 aliphatic heterocycles. The Bertz CT molecular complexity index is 719. The molecule has 3 heterocycles. The van der Waals surface area contributed by atoms with Crippen molar-refractivity contribution < 1.29 is 19.1 Å². The molecule has 1 atom stereocenters. The maximum Gasteiger partial charge on any atom is 0.343 e. The topological polar surface area (TPSA) is 88.3 Å². The number of carbonyl (C=O) groups is 2. The molecule has 0 saturated carbocycles. The van der Waals surface area contributed by atoms with Gasteiger partial charge in [0.1, 0.15) is 5.69 Å². The number of hydrogen-bond acceptors (Lipinski definition) is 4. The molecule has 0 aliphatic carbocycles. The van der Waals surface area contributed by atoms with Crippen LogP contribution >= 0.6 is 0 Å². The van der Waals surface area contributed by atoms with Gasteiger partial charge in [0.25, 0.3) is 5.91 Å². The fourth-order valence-corrected chi connectivity index (χ4v) is 2.36. The van der Waals surface area contributed by atoms with E-state index in [0.717, 1.165) is 0 Å². The number of carboxylic acids is 1. The minimum absolute atomic E-state index is 0.0509. The minimum Gasteiger partial charge on any atom is -0.479 e. The van der Waals surface area contributed by atoms with Gasteiger partial charge in [-0.2, -0.15) is 5.10 Å². The smallest absolute Gasteiger partial charge is 0.343 e.